The van der Waals surface area contributed by atoms with Crippen molar-refractivity contribution in [1.29, 1.82) is 0 Å². The van der Waals surface area contributed by atoms with Gasteiger partial charge in [0, 0.05) is 17.8 Å². The Morgan fingerprint density at radius 1 is 0.952 bits per heavy atom. The Morgan fingerprint density at radius 3 is 2.29 bits per heavy atom. The predicted octanol–water partition coefficient (Wildman–Crippen LogP) is 4.74. The van der Waals surface area contributed by atoms with Gasteiger partial charge in [0.2, 0.25) is 0 Å². The fourth-order valence-electron chi connectivity index (χ4n) is 2.16. The molecule has 0 N–H and O–H groups in total. The Morgan fingerprint density at radius 2 is 1.67 bits per heavy atom. The smallest absolute Gasteiger partial charge is 0.119 e. The normalized spacial score (nSPS) is 12.2. The molecule has 0 aliphatic heterocycles. The highest BCUT2D eigenvalue weighted by atomic mass is 16.5. The Labute approximate surface area is 128 Å². The van der Waals surface area contributed by atoms with Crippen LogP contribution in [0, 0.1) is 0 Å². The van der Waals surface area contributed by atoms with Crippen molar-refractivity contribution < 1.29 is 4.74 Å². The van der Waals surface area contributed by atoms with Crippen molar-refractivity contribution in [2.45, 2.75) is 45.4 Å². The van der Waals surface area contributed by atoms with E-state index in [-0.39, 0.29) is 10.8 Å². The molecule has 21 heavy (non-hydrogen) atoms. The summed E-state index contributed by atoms with van der Waals surface area (Å²) >= 11 is 0. The molecule has 0 saturated carbocycles. The summed E-state index contributed by atoms with van der Waals surface area (Å²) in [5.41, 5.74) is 2.56. The lowest BCUT2D eigenvalue weighted by Crippen LogP contribution is -2.26. The summed E-state index contributed by atoms with van der Waals surface area (Å²) in [5.74, 6) is 0.930. The molecule has 0 aliphatic carbocycles. The van der Waals surface area contributed by atoms with Crippen LogP contribution in [0.15, 0.2) is 48.8 Å². The van der Waals surface area contributed by atoms with Gasteiger partial charge in [-0.2, -0.15) is 0 Å². The quantitative estimate of drug-likeness (QED) is 0.809. The molecule has 1 heterocycles. The van der Waals surface area contributed by atoms with Gasteiger partial charge in [0.05, 0.1) is 6.61 Å². The van der Waals surface area contributed by atoms with Gasteiger partial charge in [-0.15, -0.1) is 0 Å². The van der Waals surface area contributed by atoms with Crippen LogP contribution in [0.25, 0.3) is 0 Å². The zero-order valence-electron chi connectivity index (χ0n) is 13.7. The number of hydrogen-bond acceptors (Lipinski definition) is 2. The molecular weight excluding hydrogens is 258 g/mol. The Kier molecular flexibility index (Phi) is 4.36. The average molecular weight is 283 g/mol. The Balaban J connectivity index is 2.10. The van der Waals surface area contributed by atoms with E-state index in [1.54, 1.807) is 6.20 Å². The van der Waals surface area contributed by atoms with E-state index in [0.717, 1.165) is 5.75 Å². The SMILES string of the molecule is CC(C)(C)c1cccc(OCC(C)(C)c2cccnc2)c1. The van der Waals surface area contributed by atoms with Gasteiger partial charge < -0.3 is 4.74 Å². The van der Waals surface area contributed by atoms with Crippen molar-refractivity contribution in [2.24, 2.45) is 0 Å². The van der Waals surface area contributed by atoms with Crippen molar-refractivity contribution in [1.82, 2.24) is 4.98 Å². The topological polar surface area (TPSA) is 22.1 Å². The van der Waals surface area contributed by atoms with E-state index in [2.05, 4.69) is 63.9 Å². The van der Waals surface area contributed by atoms with E-state index in [1.807, 2.05) is 18.3 Å². The average Bonchev–Trinajstić information content (AvgIpc) is 2.46. The molecular formula is C19H25NO. The summed E-state index contributed by atoms with van der Waals surface area (Å²) in [6.07, 6.45) is 3.71. The van der Waals surface area contributed by atoms with E-state index in [4.69, 9.17) is 4.74 Å². The van der Waals surface area contributed by atoms with Gasteiger partial charge in [-0.25, -0.2) is 0 Å². The molecule has 0 saturated heterocycles. The van der Waals surface area contributed by atoms with Gasteiger partial charge in [0.1, 0.15) is 5.75 Å². The first kappa shape index (κ1) is 15.6. The highest BCUT2D eigenvalue weighted by molar-refractivity contribution is 5.33. The molecule has 0 atom stereocenters. The van der Waals surface area contributed by atoms with E-state index < -0.39 is 0 Å². The lowest BCUT2D eigenvalue weighted by Gasteiger charge is -2.26. The van der Waals surface area contributed by atoms with Gasteiger partial charge in [-0.05, 0) is 34.7 Å². The molecule has 2 heteroatoms. The Hall–Kier alpha value is -1.83. The number of hydrogen-bond donors (Lipinski definition) is 0. The van der Waals surface area contributed by atoms with E-state index in [1.165, 1.54) is 11.1 Å². The molecule has 1 aromatic carbocycles. The highest BCUT2D eigenvalue weighted by Gasteiger charge is 2.22. The molecule has 0 bridgehead atoms. The first-order valence-corrected chi connectivity index (χ1v) is 7.43. The van der Waals surface area contributed by atoms with E-state index in [9.17, 15) is 0 Å². The lowest BCUT2D eigenvalue weighted by molar-refractivity contribution is 0.240. The zero-order valence-corrected chi connectivity index (χ0v) is 13.7. The highest BCUT2D eigenvalue weighted by Crippen LogP contribution is 2.28. The number of pyridine rings is 1. The van der Waals surface area contributed by atoms with Crippen LogP contribution in [0.5, 0.6) is 5.75 Å². The summed E-state index contributed by atoms with van der Waals surface area (Å²) in [6.45, 7) is 11.6. The molecule has 112 valence electrons. The van der Waals surface area contributed by atoms with Crippen LogP contribution in [0.1, 0.15) is 45.7 Å². The van der Waals surface area contributed by atoms with Gasteiger partial charge in [-0.1, -0.05) is 52.8 Å². The predicted molar refractivity (Wildman–Crippen MR) is 87.9 cm³/mol. The number of ether oxygens (including phenoxy) is 1. The largest absolute Gasteiger partial charge is 0.493 e. The van der Waals surface area contributed by atoms with Crippen molar-refractivity contribution in [3.05, 3.63) is 59.9 Å². The summed E-state index contributed by atoms with van der Waals surface area (Å²) in [6, 6.07) is 12.4. The van der Waals surface area contributed by atoms with E-state index >= 15 is 0 Å². The molecule has 2 nitrogen and oxygen atoms in total. The first-order chi connectivity index (χ1) is 9.79. The van der Waals surface area contributed by atoms with Crippen LogP contribution < -0.4 is 4.74 Å². The fraction of sp³-hybridized carbons (Fsp3) is 0.421. The second-order valence-electron chi connectivity index (χ2n) is 7.19. The summed E-state index contributed by atoms with van der Waals surface area (Å²) in [7, 11) is 0. The molecule has 0 spiro atoms. The third-order valence-corrected chi connectivity index (χ3v) is 3.74. The molecule has 1 aromatic heterocycles. The van der Waals surface area contributed by atoms with Crippen LogP contribution in [-0.4, -0.2) is 11.6 Å². The second kappa shape index (κ2) is 5.88. The van der Waals surface area contributed by atoms with Crippen molar-refractivity contribution >= 4 is 0 Å². The zero-order chi connectivity index (χ0) is 15.5. The van der Waals surface area contributed by atoms with Gasteiger partial charge in [0.15, 0.2) is 0 Å². The van der Waals surface area contributed by atoms with Crippen LogP contribution in [0.3, 0.4) is 0 Å². The number of rotatable bonds is 4. The Bertz CT molecular complexity index is 582. The maximum atomic E-state index is 6.03. The fourth-order valence-corrected chi connectivity index (χ4v) is 2.16. The third kappa shape index (κ3) is 4.07. The first-order valence-electron chi connectivity index (χ1n) is 7.43. The summed E-state index contributed by atoms with van der Waals surface area (Å²) in [4.78, 5) is 4.20. The minimum atomic E-state index is -0.0635. The van der Waals surface area contributed by atoms with Crippen molar-refractivity contribution in [3.8, 4) is 5.75 Å². The molecule has 0 aliphatic rings. The monoisotopic (exact) mass is 283 g/mol. The van der Waals surface area contributed by atoms with Crippen LogP contribution in [0.4, 0.5) is 0 Å². The minimum absolute atomic E-state index is 0.0635. The maximum absolute atomic E-state index is 6.03. The standard InChI is InChI=1S/C19H25NO/c1-18(2,3)15-8-6-10-17(12-15)21-14-19(4,5)16-9-7-11-20-13-16/h6-13H,14H2,1-5H3. The van der Waals surface area contributed by atoms with Crippen LogP contribution in [-0.2, 0) is 10.8 Å². The molecule has 0 radical (unpaired) electrons. The van der Waals surface area contributed by atoms with Crippen molar-refractivity contribution in [2.75, 3.05) is 6.61 Å². The number of benzene rings is 1. The third-order valence-electron chi connectivity index (χ3n) is 3.74. The van der Waals surface area contributed by atoms with Gasteiger partial charge in [-0.3, -0.25) is 4.98 Å². The van der Waals surface area contributed by atoms with E-state index in [0.29, 0.717) is 6.61 Å². The van der Waals surface area contributed by atoms with Crippen LogP contribution in [0.2, 0.25) is 0 Å². The molecule has 2 aromatic rings. The number of aromatic nitrogens is 1. The molecule has 0 amide bonds. The lowest BCUT2D eigenvalue weighted by atomic mass is 9.86. The summed E-state index contributed by atoms with van der Waals surface area (Å²) in [5, 5.41) is 0. The van der Waals surface area contributed by atoms with Crippen LogP contribution >= 0.6 is 0 Å². The number of nitrogens with zero attached hydrogens (tertiary/aromatic N) is 1. The molecule has 2 rings (SSSR count). The molecule has 0 fully saturated rings. The maximum Gasteiger partial charge on any atom is 0.119 e. The summed E-state index contributed by atoms with van der Waals surface area (Å²) < 4.78 is 6.03. The van der Waals surface area contributed by atoms with Gasteiger partial charge in [0.25, 0.3) is 0 Å². The molecule has 0 unspecified atom stereocenters. The second-order valence-corrected chi connectivity index (χ2v) is 7.19. The van der Waals surface area contributed by atoms with Crippen molar-refractivity contribution in [3.63, 3.8) is 0 Å². The minimum Gasteiger partial charge on any atom is -0.493 e. The van der Waals surface area contributed by atoms with Gasteiger partial charge >= 0.3 is 0 Å².